The van der Waals surface area contributed by atoms with Crippen molar-refractivity contribution in [3.8, 4) is 0 Å². The highest BCUT2D eigenvalue weighted by Crippen LogP contribution is 2.30. The fourth-order valence-electron chi connectivity index (χ4n) is 3.45. The predicted octanol–water partition coefficient (Wildman–Crippen LogP) is 4.38. The summed E-state index contributed by atoms with van der Waals surface area (Å²) in [5.41, 5.74) is 1.53. The Morgan fingerprint density at radius 1 is 1.20 bits per heavy atom. The second-order valence-electron chi connectivity index (χ2n) is 8.04. The van der Waals surface area contributed by atoms with E-state index in [9.17, 15) is 9.59 Å². The Morgan fingerprint density at radius 3 is 2.57 bits per heavy atom. The number of carbonyl (C=O) groups excluding carboxylic acids is 2. The normalized spacial score (nSPS) is 15.9. The zero-order valence-electron chi connectivity index (χ0n) is 17.1. The molecule has 0 unspecified atom stereocenters. The van der Waals surface area contributed by atoms with Crippen molar-refractivity contribution in [2.24, 2.45) is 0 Å². The number of nitrogens with zero attached hydrogens (tertiary/aromatic N) is 3. The first kappa shape index (κ1) is 24.4. The number of rotatable bonds is 2. The van der Waals surface area contributed by atoms with Crippen molar-refractivity contribution in [1.29, 1.82) is 0 Å². The number of piperidine rings is 1. The molecule has 30 heavy (non-hydrogen) atoms. The van der Waals surface area contributed by atoms with Crippen molar-refractivity contribution in [1.82, 2.24) is 19.6 Å². The van der Waals surface area contributed by atoms with Crippen LogP contribution in [0.3, 0.4) is 0 Å². The van der Waals surface area contributed by atoms with Crippen LogP contribution < -0.4 is 5.32 Å². The lowest BCUT2D eigenvalue weighted by molar-refractivity contribution is 0.0199. The van der Waals surface area contributed by atoms with Crippen LogP contribution in [0.25, 0.3) is 11.7 Å². The molecule has 0 atom stereocenters. The van der Waals surface area contributed by atoms with Crippen molar-refractivity contribution >= 4 is 60.3 Å². The van der Waals surface area contributed by atoms with E-state index < -0.39 is 5.60 Å². The number of carbonyl (C=O) groups is 2. The Balaban J connectivity index is 0.00000160. The van der Waals surface area contributed by atoms with Crippen LogP contribution in [0, 0.1) is 0 Å². The summed E-state index contributed by atoms with van der Waals surface area (Å²) in [6, 6.07) is 5.88. The molecule has 7 nitrogen and oxygen atoms in total. The molecule has 2 aliphatic rings. The Kier molecular flexibility index (Phi) is 7.71. The second-order valence-corrected chi connectivity index (χ2v) is 8.97. The quantitative estimate of drug-likeness (QED) is 0.701. The monoisotopic (exact) mass is 472 g/mol. The topological polar surface area (TPSA) is 75.9 Å². The Hall–Kier alpha value is -1.90. The number of imidazole rings is 1. The first-order valence-corrected chi connectivity index (χ1v) is 10.3. The summed E-state index contributed by atoms with van der Waals surface area (Å²) in [5.74, 6) is -0.170. The zero-order chi connectivity index (χ0) is 19.9. The van der Waals surface area contributed by atoms with Crippen molar-refractivity contribution in [3.05, 3.63) is 35.0 Å². The van der Waals surface area contributed by atoms with Gasteiger partial charge in [-0.3, -0.25) is 9.20 Å². The van der Waals surface area contributed by atoms with E-state index in [1.54, 1.807) is 16.7 Å². The lowest BCUT2D eigenvalue weighted by atomic mass is 10.1. The van der Waals surface area contributed by atoms with E-state index in [1.807, 2.05) is 54.9 Å². The molecule has 2 aromatic rings. The van der Waals surface area contributed by atoms with Gasteiger partial charge in [-0.05, 0) is 57.2 Å². The van der Waals surface area contributed by atoms with E-state index >= 15 is 0 Å². The molecule has 1 N–H and O–H groups in total. The van der Waals surface area contributed by atoms with Crippen LogP contribution in [0.1, 0.15) is 49.8 Å². The molecule has 0 spiro atoms. The number of pyridine rings is 1. The Bertz CT molecular complexity index is 963. The van der Waals surface area contributed by atoms with Gasteiger partial charge in [0.2, 0.25) is 0 Å². The maximum atomic E-state index is 12.9. The lowest BCUT2D eigenvalue weighted by Gasteiger charge is -2.33. The van der Waals surface area contributed by atoms with Gasteiger partial charge in [0, 0.05) is 19.1 Å². The number of ether oxygens (including phenoxy) is 1. The van der Waals surface area contributed by atoms with Gasteiger partial charge in [0.05, 0.1) is 10.7 Å². The number of aromatic nitrogens is 2. The smallest absolute Gasteiger partial charge is 0.410 e. The number of hydrogen-bond acceptors (Lipinski definition) is 5. The first-order chi connectivity index (χ1) is 13.3. The van der Waals surface area contributed by atoms with Crippen molar-refractivity contribution in [2.45, 2.75) is 50.3 Å². The van der Waals surface area contributed by atoms with Crippen LogP contribution in [-0.4, -0.2) is 51.0 Å². The van der Waals surface area contributed by atoms with Gasteiger partial charge in [0.15, 0.2) is 5.69 Å². The maximum Gasteiger partial charge on any atom is 0.410 e. The van der Waals surface area contributed by atoms with E-state index in [4.69, 9.17) is 4.74 Å². The SMILES string of the molecule is CC(C)(C)OC(=O)N1CCC(NC(=O)c2nc3cccc4n3c2C=CS4)CC1.Cl.Cl. The summed E-state index contributed by atoms with van der Waals surface area (Å²) in [6.07, 6.45) is 3.03. The summed E-state index contributed by atoms with van der Waals surface area (Å²) in [5, 5.41) is 6.11. The van der Waals surface area contributed by atoms with Gasteiger partial charge < -0.3 is 15.0 Å². The Labute approximate surface area is 192 Å². The third-order valence-corrected chi connectivity index (χ3v) is 5.59. The number of nitrogens with one attached hydrogen (secondary N) is 1. The number of likely N-dealkylation sites (tertiary alicyclic amines) is 1. The zero-order valence-corrected chi connectivity index (χ0v) is 19.5. The van der Waals surface area contributed by atoms with Crippen LogP contribution in [0.2, 0.25) is 0 Å². The molecule has 2 amide bonds. The van der Waals surface area contributed by atoms with Gasteiger partial charge in [0.25, 0.3) is 5.91 Å². The average molecular weight is 473 g/mol. The summed E-state index contributed by atoms with van der Waals surface area (Å²) in [6.45, 7) is 6.71. The molecule has 4 rings (SSSR count). The largest absolute Gasteiger partial charge is 0.444 e. The van der Waals surface area contributed by atoms with Crippen LogP contribution in [0.5, 0.6) is 0 Å². The molecule has 2 aliphatic heterocycles. The number of thioether (sulfide) groups is 1. The van der Waals surface area contributed by atoms with Gasteiger partial charge in [-0.1, -0.05) is 17.8 Å². The standard InChI is InChI=1S/C20H24N4O3S.2ClH/c1-20(2,3)27-19(26)23-10-7-13(8-11-23)21-18(25)17-14-9-12-28-16-6-4-5-15(22-17)24(14)16;;/h4-6,9,12-13H,7-8,10-11H2,1-3H3,(H,21,25);2*1H. The minimum absolute atomic E-state index is 0. The van der Waals surface area contributed by atoms with Crippen LogP contribution in [0.15, 0.2) is 28.6 Å². The Morgan fingerprint density at radius 2 is 1.90 bits per heavy atom. The van der Waals surface area contributed by atoms with Gasteiger partial charge in [-0.15, -0.1) is 24.8 Å². The molecule has 164 valence electrons. The summed E-state index contributed by atoms with van der Waals surface area (Å²) < 4.78 is 7.43. The van der Waals surface area contributed by atoms with Gasteiger partial charge in [-0.2, -0.15) is 0 Å². The second kappa shape index (κ2) is 9.49. The highest BCUT2D eigenvalue weighted by molar-refractivity contribution is 8.02. The number of halogens is 2. The van der Waals surface area contributed by atoms with E-state index in [-0.39, 0.29) is 42.9 Å². The highest BCUT2D eigenvalue weighted by Gasteiger charge is 2.29. The van der Waals surface area contributed by atoms with Crippen molar-refractivity contribution in [2.75, 3.05) is 13.1 Å². The van der Waals surface area contributed by atoms with E-state index in [0.29, 0.717) is 31.6 Å². The molecular weight excluding hydrogens is 447 g/mol. The molecule has 0 bridgehead atoms. The summed E-state index contributed by atoms with van der Waals surface area (Å²) in [7, 11) is 0. The van der Waals surface area contributed by atoms with Gasteiger partial charge in [-0.25, -0.2) is 9.78 Å². The van der Waals surface area contributed by atoms with E-state index in [1.165, 1.54) is 0 Å². The summed E-state index contributed by atoms with van der Waals surface area (Å²) >= 11 is 1.61. The fraction of sp³-hybridized carbons (Fsp3) is 0.450. The molecule has 10 heteroatoms. The molecule has 0 radical (unpaired) electrons. The van der Waals surface area contributed by atoms with Crippen molar-refractivity contribution in [3.63, 3.8) is 0 Å². The van der Waals surface area contributed by atoms with Crippen LogP contribution in [0.4, 0.5) is 4.79 Å². The van der Waals surface area contributed by atoms with Gasteiger partial charge in [0.1, 0.15) is 11.2 Å². The molecule has 2 aromatic heterocycles. The van der Waals surface area contributed by atoms with Gasteiger partial charge >= 0.3 is 6.09 Å². The molecular formula is C20H26Cl2N4O3S. The summed E-state index contributed by atoms with van der Waals surface area (Å²) in [4.78, 5) is 31.3. The third kappa shape index (κ3) is 5.04. The molecule has 1 fully saturated rings. The lowest BCUT2D eigenvalue weighted by Crippen LogP contribution is -2.47. The fourth-order valence-corrected chi connectivity index (χ4v) is 4.24. The molecule has 4 heterocycles. The highest BCUT2D eigenvalue weighted by atomic mass is 35.5. The average Bonchev–Trinajstić information content (AvgIpc) is 3.02. The molecule has 0 saturated carbocycles. The maximum absolute atomic E-state index is 12.9. The van der Waals surface area contributed by atoms with E-state index in [0.717, 1.165) is 16.4 Å². The first-order valence-electron chi connectivity index (χ1n) is 9.45. The number of amides is 2. The number of hydrogen-bond donors (Lipinski definition) is 1. The molecule has 0 aromatic carbocycles. The van der Waals surface area contributed by atoms with E-state index in [2.05, 4.69) is 10.3 Å². The van der Waals surface area contributed by atoms with Crippen LogP contribution in [-0.2, 0) is 4.74 Å². The minimum atomic E-state index is -0.503. The van der Waals surface area contributed by atoms with Crippen molar-refractivity contribution < 1.29 is 14.3 Å². The van der Waals surface area contributed by atoms with Crippen LogP contribution >= 0.6 is 36.6 Å². The molecule has 1 saturated heterocycles. The third-order valence-electron chi connectivity index (χ3n) is 4.76. The predicted molar refractivity (Wildman–Crippen MR) is 123 cm³/mol. The molecule has 0 aliphatic carbocycles. The minimum Gasteiger partial charge on any atom is -0.444 e.